The van der Waals surface area contributed by atoms with Crippen molar-refractivity contribution in [2.45, 2.75) is 52.2 Å². The molecular weight excluding hydrogens is 310 g/mol. The number of anilines is 1. The molecule has 132 valence electrons. The second kappa shape index (κ2) is 6.30. The normalized spacial score (nSPS) is 20.8. The number of aryl methyl sites for hydroxylation is 1. The molecule has 2 rings (SSSR count). The molecule has 1 aliphatic rings. The minimum Gasteiger partial charge on any atom is -0.478 e. The molecule has 1 amide bonds. The molecule has 1 aromatic rings. The highest BCUT2D eigenvalue weighted by Gasteiger charge is 2.37. The summed E-state index contributed by atoms with van der Waals surface area (Å²) < 4.78 is 5.31. The number of hydrogen-bond donors (Lipinski definition) is 2. The predicted molar refractivity (Wildman–Crippen MR) is 90.5 cm³/mol. The second-order valence-electron chi connectivity index (χ2n) is 7.51. The van der Waals surface area contributed by atoms with Crippen LogP contribution in [0.1, 0.15) is 50.2 Å². The van der Waals surface area contributed by atoms with Crippen molar-refractivity contribution in [1.29, 1.82) is 0 Å². The van der Waals surface area contributed by atoms with Gasteiger partial charge in [0, 0.05) is 25.0 Å². The van der Waals surface area contributed by atoms with Crippen LogP contribution < -0.4 is 10.2 Å². The largest absolute Gasteiger partial charge is 0.478 e. The second-order valence-corrected chi connectivity index (χ2v) is 7.51. The molecule has 1 unspecified atom stereocenters. The first-order chi connectivity index (χ1) is 11.0. The summed E-state index contributed by atoms with van der Waals surface area (Å²) in [5.74, 6) is -1.01. The van der Waals surface area contributed by atoms with E-state index in [1.807, 2.05) is 39.5 Å². The Bertz CT molecular complexity index is 654. The maximum atomic E-state index is 12.0. The molecule has 1 aliphatic heterocycles. The van der Waals surface area contributed by atoms with Crippen molar-refractivity contribution >= 4 is 17.7 Å². The van der Waals surface area contributed by atoms with Crippen molar-refractivity contribution in [1.82, 2.24) is 10.3 Å². The Balaban J connectivity index is 2.14. The van der Waals surface area contributed by atoms with E-state index in [0.29, 0.717) is 25.2 Å². The zero-order chi connectivity index (χ0) is 18.1. The van der Waals surface area contributed by atoms with Crippen LogP contribution in [0.5, 0.6) is 0 Å². The highest BCUT2D eigenvalue weighted by Crippen LogP contribution is 2.30. The Labute approximate surface area is 142 Å². The fourth-order valence-corrected chi connectivity index (χ4v) is 2.79. The fourth-order valence-electron chi connectivity index (χ4n) is 2.79. The van der Waals surface area contributed by atoms with E-state index in [1.54, 1.807) is 6.07 Å². The van der Waals surface area contributed by atoms with Gasteiger partial charge in [0.1, 0.15) is 11.2 Å². The monoisotopic (exact) mass is 335 g/mol. The fraction of sp³-hybridized carbons (Fsp3) is 0.588. The molecule has 1 atom stereocenters. The van der Waals surface area contributed by atoms with Crippen molar-refractivity contribution in [2.75, 3.05) is 18.0 Å². The van der Waals surface area contributed by atoms with Gasteiger partial charge < -0.3 is 20.1 Å². The molecule has 7 nitrogen and oxygen atoms in total. The van der Waals surface area contributed by atoms with Crippen molar-refractivity contribution in [2.24, 2.45) is 0 Å². The van der Waals surface area contributed by atoms with E-state index in [9.17, 15) is 14.7 Å². The van der Waals surface area contributed by atoms with E-state index in [-0.39, 0.29) is 5.56 Å². The summed E-state index contributed by atoms with van der Waals surface area (Å²) in [7, 11) is 0. The summed E-state index contributed by atoms with van der Waals surface area (Å²) in [6.45, 7) is 10.4. The number of amides is 1. The lowest BCUT2D eigenvalue weighted by atomic mass is 10.0. The third-order valence-corrected chi connectivity index (χ3v) is 3.87. The Hall–Kier alpha value is -2.31. The van der Waals surface area contributed by atoms with Crippen LogP contribution in [0.3, 0.4) is 0 Å². The average Bonchev–Trinajstić information content (AvgIpc) is 2.77. The third-order valence-electron chi connectivity index (χ3n) is 3.87. The third kappa shape index (κ3) is 4.37. The quantitative estimate of drug-likeness (QED) is 0.882. The van der Waals surface area contributed by atoms with Crippen LogP contribution in [0, 0.1) is 6.92 Å². The first kappa shape index (κ1) is 18.0. The zero-order valence-electron chi connectivity index (χ0n) is 14.8. The molecule has 0 bridgehead atoms. The van der Waals surface area contributed by atoms with Crippen LogP contribution in [0.25, 0.3) is 0 Å². The van der Waals surface area contributed by atoms with Gasteiger partial charge in [-0.3, -0.25) is 4.98 Å². The molecule has 24 heavy (non-hydrogen) atoms. The van der Waals surface area contributed by atoms with Crippen molar-refractivity contribution in [3.8, 4) is 0 Å². The zero-order valence-corrected chi connectivity index (χ0v) is 14.8. The van der Waals surface area contributed by atoms with Crippen molar-refractivity contribution in [3.63, 3.8) is 0 Å². The van der Waals surface area contributed by atoms with Crippen LogP contribution in [-0.4, -0.2) is 46.4 Å². The Morgan fingerprint density at radius 1 is 1.42 bits per heavy atom. The smallest absolute Gasteiger partial charge is 0.408 e. The maximum absolute atomic E-state index is 12.0. The van der Waals surface area contributed by atoms with E-state index in [4.69, 9.17) is 4.74 Å². The lowest BCUT2D eigenvalue weighted by Crippen LogP contribution is -2.49. The van der Waals surface area contributed by atoms with Gasteiger partial charge in [0.15, 0.2) is 0 Å². The van der Waals surface area contributed by atoms with Gasteiger partial charge in [-0.1, -0.05) is 0 Å². The summed E-state index contributed by atoms with van der Waals surface area (Å²) in [5, 5.41) is 12.3. The predicted octanol–water partition coefficient (Wildman–Crippen LogP) is 2.58. The number of carboxylic acids is 1. The molecule has 1 saturated heterocycles. The molecular formula is C17H25N3O4. The molecule has 2 heterocycles. The number of aromatic carboxylic acids is 1. The van der Waals surface area contributed by atoms with Gasteiger partial charge in [0.05, 0.1) is 11.2 Å². The molecule has 1 fully saturated rings. The first-order valence-electron chi connectivity index (χ1n) is 7.95. The first-order valence-corrected chi connectivity index (χ1v) is 7.95. The molecule has 0 spiro atoms. The molecule has 7 heteroatoms. The van der Waals surface area contributed by atoms with E-state index < -0.39 is 23.2 Å². The lowest BCUT2D eigenvalue weighted by molar-refractivity contribution is 0.0472. The Kier molecular flexibility index (Phi) is 4.73. The van der Waals surface area contributed by atoms with Gasteiger partial charge in [-0.15, -0.1) is 0 Å². The minimum absolute atomic E-state index is 0.169. The van der Waals surface area contributed by atoms with Gasteiger partial charge in [-0.05, 0) is 47.1 Å². The highest BCUT2D eigenvalue weighted by atomic mass is 16.6. The van der Waals surface area contributed by atoms with Crippen molar-refractivity contribution < 1.29 is 19.4 Å². The Morgan fingerprint density at radius 3 is 2.67 bits per heavy atom. The number of pyridine rings is 1. The topological polar surface area (TPSA) is 91.8 Å². The van der Waals surface area contributed by atoms with Crippen LogP contribution in [0.15, 0.2) is 12.3 Å². The van der Waals surface area contributed by atoms with Crippen LogP contribution in [-0.2, 0) is 4.74 Å². The maximum Gasteiger partial charge on any atom is 0.408 e. The van der Waals surface area contributed by atoms with Gasteiger partial charge in [0.2, 0.25) is 0 Å². The highest BCUT2D eigenvalue weighted by molar-refractivity contribution is 5.94. The summed E-state index contributed by atoms with van der Waals surface area (Å²) in [6, 6.07) is 1.77. The number of carbonyl (C=O) groups excluding carboxylic acids is 1. The minimum atomic E-state index is -1.01. The number of nitrogens with zero attached hydrogens (tertiary/aromatic N) is 2. The summed E-state index contributed by atoms with van der Waals surface area (Å²) >= 11 is 0. The van der Waals surface area contributed by atoms with Gasteiger partial charge >= 0.3 is 12.1 Å². The SMILES string of the molecule is Cc1cc(N2CCC(C)(NC(=O)OC(C)(C)C)C2)c(C(=O)O)cn1. The van der Waals surface area contributed by atoms with Crippen LogP contribution in [0.2, 0.25) is 0 Å². The van der Waals surface area contributed by atoms with Gasteiger partial charge in [-0.25, -0.2) is 9.59 Å². The van der Waals surface area contributed by atoms with Crippen LogP contribution >= 0.6 is 0 Å². The van der Waals surface area contributed by atoms with E-state index in [0.717, 1.165) is 5.69 Å². The number of ether oxygens (including phenoxy) is 1. The van der Waals surface area contributed by atoms with Gasteiger partial charge in [-0.2, -0.15) is 0 Å². The lowest BCUT2D eigenvalue weighted by Gasteiger charge is -2.29. The molecule has 1 aromatic heterocycles. The van der Waals surface area contributed by atoms with E-state index in [1.165, 1.54) is 6.20 Å². The summed E-state index contributed by atoms with van der Waals surface area (Å²) in [4.78, 5) is 29.5. The van der Waals surface area contributed by atoms with Crippen molar-refractivity contribution in [3.05, 3.63) is 23.5 Å². The number of nitrogens with one attached hydrogen (secondary N) is 1. The molecule has 0 radical (unpaired) electrons. The number of carboxylic acid groups (broad SMARTS) is 1. The number of alkyl carbamates (subject to hydrolysis) is 1. The van der Waals surface area contributed by atoms with E-state index in [2.05, 4.69) is 10.3 Å². The van der Waals surface area contributed by atoms with Gasteiger partial charge in [0.25, 0.3) is 0 Å². The number of aromatic nitrogens is 1. The standard InChI is InChI=1S/C17H25N3O4/c1-11-8-13(12(9-18-11)14(21)22)20-7-6-17(5,10-20)19-15(23)24-16(2,3)4/h8-9H,6-7,10H2,1-5H3,(H,19,23)(H,21,22). The number of rotatable bonds is 3. The Morgan fingerprint density at radius 2 is 2.08 bits per heavy atom. The molecule has 0 saturated carbocycles. The van der Waals surface area contributed by atoms with Crippen LogP contribution in [0.4, 0.5) is 10.5 Å². The summed E-state index contributed by atoms with van der Waals surface area (Å²) in [5.41, 5.74) is 0.516. The molecule has 0 aromatic carbocycles. The average molecular weight is 335 g/mol. The number of carbonyl (C=O) groups is 2. The molecule has 2 N–H and O–H groups in total. The molecule has 0 aliphatic carbocycles. The summed E-state index contributed by atoms with van der Waals surface area (Å²) in [6.07, 6.45) is 1.62. The number of hydrogen-bond acceptors (Lipinski definition) is 5. The van der Waals surface area contributed by atoms with E-state index >= 15 is 0 Å².